The van der Waals surface area contributed by atoms with Crippen molar-refractivity contribution in [3.63, 3.8) is 0 Å². The summed E-state index contributed by atoms with van der Waals surface area (Å²) in [5, 5.41) is 3.12. The Hall–Kier alpha value is -1.07. The van der Waals surface area contributed by atoms with Gasteiger partial charge in [-0.1, -0.05) is 6.92 Å². The quantitative estimate of drug-likeness (QED) is 0.712. The number of nitrogens with two attached hydrogens (primary N) is 1. The molecule has 0 aromatic heterocycles. The van der Waals surface area contributed by atoms with Crippen molar-refractivity contribution < 1.29 is 9.18 Å². The molecule has 100 valence electrons. The second-order valence-corrected chi connectivity index (χ2v) is 5.17. The van der Waals surface area contributed by atoms with Crippen molar-refractivity contribution in [2.24, 2.45) is 5.73 Å². The number of carbonyl (C=O) groups excluding carboxylic acids is 1. The van der Waals surface area contributed by atoms with Crippen LogP contribution in [-0.2, 0) is 4.79 Å². The molecule has 18 heavy (non-hydrogen) atoms. The molecule has 0 saturated heterocycles. The van der Waals surface area contributed by atoms with Crippen LogP contribution in [0.25, 0.3) is 0 Å². The lowest BCUT2D eigenvalue weighted by Gasteiger charge is -2.14. The summed E-state index contributed by atoms with van der Waals surface area (Å²) in [6.45, 7) is 2.83. The topological polar surface area (TPSA) is 55.1 Å². The smallest absolute Gasteiger partial charge is 0.234 e. The van der Waals surface area contributed by atoms with E-state index in [1.165, 1.54) is 12.1 Å². The molecule has 0 spiro atoms. The number of nitrogens with one attached hydrogen (secondary N) is 1. The Morgan fingerprint density at radius 3 is 2.67 bits per heavy atom. The van der Waals surface area contributed by atoms with Crippen molar-refractivity contribution in [2.75, 3.05) is 12.3 Å². The monoisotopic (exact) mass is 270 g/mol. The largest absolute Gasteiger partial charge is 0.368 e. The van der Waals surface area contributed by atoms with Gasteiger partial charge in [-0.2, -0.15) is 0 Å². The minimum atomic E-state index is -0.317. The highest BCUT2D eigenvalue weighted by Gasteiger charge is 2.13. The molecule has 0 radical (unpaired) electrons. The maximum Gasteiger partial charge on any atom is 0.234 e. The van der Waals surface area contributed by atoms with Gasteiger partial charge >= 0.3 is 0 Å². The molecular weight excluding hydrogens is 251 g/mol. The van der Waals surface area contributed by atoms with Crippen LogP contribution in [0.5, 0.6) is 0 Å². The van der Waals surface area contributed by atoms with Crippen LogP contribution in [-0.4, -0.2) is 24.2 Å². The summed E-state index contributed by atoms with van der Waals surface area (Å²) >= 11 is 1.59. The van der Waals surface area contributed by atoms with Crippen LogP contribution in [0.1, 0.15) is 19.8 Å². The molecular formula is C13H19FN2OS. The standard InChI is InChI=1S/C13H19FN2OS/c1-2-8-16-12(13(15)17)7-9-18-11-5-3-10(14)4-6-11/h3-6,12,16H,2,7-9H2,1H3,(H2,15,17). The molecule has 0 bridgehead atoms. The number of primary amides is 1. The van der Waals surface area contributed by atoms with Gasteiger partial charge in [0.15, 0.2) is 0 Å². The fourth-order valence-corrected chi connectivity index (χ4v) is 2.41. The third-order valence-electron chi connectivity index (χ3n) is 2.47. The summed E-state index contributed by atoms with van der Waals surface area (Å²) < 4.78 is 12.7. The van der Waals surface area contributed by atoms with Gasteiger partial charge in [-0.3, -0.25) is 4.79 Å². The molecule has 0 aliphatic heterocycles. The molecule has 3 N–H and O–H groups in total. The van der Waals surface area contributed by atoms with E-state index >= 15 is 0 Å². The number of hydrogen-bond acceptors (Lipinski definition) is 3. The number of thioether (sulfide) groups is 1. The molecule has 0 saturated carbocycles. The Kier molecular flexibility index (Phi) is 6.75. The maximum atomic E-state index is 12.7. The molecule has 1 atom stereocenters. The van der Waals surface area contributed by atoms with E-state index < -0.39 is 0 Å². The molecule has 1 aromatic carbocycles. The lowest BCUT2D eigenvalue weighted by Crippen LogP contribution is -2.41. The highest BCUT2D eigenvalue weighted by molar-refractivity contribution is 7.99. The van der Waals surface area contributed by atoms with Gasteiger partial charge in [0.1, 0.15) is 5.82 Å². The minimum Gasteiger partial charge on any atom is -0.368 e. The van der Waals surface area contributed by atoms with Gasteiger partial charge in [-0.25, -0.2) is 4.39 Å². The Labute approximate surface area is 111 Å². The molecule has 1 aromatic rings. The Bertz CT molecular complexity index is 370. The minimum absolute atomic E-state index is 0.237. The molecule has 0 fully saturated rings. The summed E-state index contributed by atoms with van der Waals surface area (Å²) in [5.41, 5.74) is 5.32. The first-order valence-corrected chi connectivity index (χ1v) is 7.03. The lowest BCUT2D eigenvalue weighted by atomic mass is 10.2. The number of hydrogen-bond donors (Lipinski definition) is 2. The summed E-state index contributed by atoms with van der Waals surface area (Å²) in [4.78, 5) is 12.2. The molecule has 0 aliphatic carbocycles. The van der Waals surface area contributed by atoms with Crippen molar-refractivity contribution >= 4 is 17.7 Å². The number of carbonyl (C=O) groups is 1. The van der Waals surface area contributed by atoms with Gasteiger partial charge in [0.05, 0.1) is 6.04 Å². The molecule has 5 heteroatoms. The average molecular weight is 270 g/mol. The number of halogens is 1. The fourth-order valence-electron chi connectivity index (χ4n) is 1.49. The lowest BCUT2D eigenvalue weighted by molar-refractivity contribution is -0.120. The Morgan fingerprint density at radius 2 is 2.11 bits per heavy atom. The van der Waals surface area contributed by atoms with E-state index in [2.05, 4.69) is 5.32 Å². The third-order valence-corrected chi connectivity index (χ3v) is 3.52. The first-order valence-electron chi connectivity index (χ1n) is 6.04. The maximum absolute atomic E-state index is 12.7. The molecule has 0 heterocycles. The van der Waals surface area contributed by atoms with Crippen molar-refractivity contribution in [1.29, 1.82) is 0 Å². The van der Waals surface area contributed by atoms with Crippen LogP contribution in [0.3, 0.4) is 0 Å². The van der Waals surface area contributed by atoms with Gasteiger partial charge in [-0.05, 0) is 49.4 Å². The Morgan fingerprint density at radius 1 is 1.44 bits per heavy atom. The average Bonchev–Trinajstić information content (AvgIpc) is 2.35. The van der Waals surface area contributed by atoms with Gasteiger partial charge in [-0.15, -0.1) is 11.8 Å². The fraction of sp³-hybridized carbons (Fsp3) is 0.462. The zero-order chi connectivity index (χ0) is 13.4. The van der Waals surface area contributed by atoms with E-state index in [-0.39, 0.29) is 17.8 Å². The molecule has 1 amide bonds. The summed E-state index contributed by atoms with van der Waals surface area (Å²) in [6.07, 6.45) is 1.65. The SMILES string of the molecule is CCCNC(CCSc1ccc(F)cc1)C(N)=O. The van der Waals surface area contributed by atoms with Gasteiger partial charge in [0.2, 0.25) is 5.91 Å². The summed E-state index contributed by atoms with van der Waals surface area (Å²) in [6, 6.07) is 6.06. The third kappa shape index (κ3) is 5.51. The molecule has 3 nitrogen and oxygen atoms in total. The van der Waals surface area contributed by atoms with E-state index in [9.17, 15) is 9.18 Å². The first-order chi connectivity index (χ1) is 8.63. The zero-order valence-electron chi connectivity index (χ0n) is 10.5. The Balaban J connectivity index is 2.34. The zero-order valence-corrected chi connectivity index (χ0v) is 11.3. The van der Waals surface area contributed by atoms with Crippen LogP contribution in [0, 0.1) is 5.82 Å². The van der Waals surface area contributed by atoms with Gasteiger partial charge in [0.25, 0.3) is 0 Å². The van der Waals surface area contributed by atoms with Crippen molar-refractivity contribution in [2.45, 2.75) is 30.7 Å². The van der Waals surface area contributed by atoms with E-state index in [1.807, 2.05) is 6.92 Å². The van der Waals surface area contributed by atoms with Crippen LogP contribution in [0.15, 0.2) is 29.2 Å². The van der Waals surface area contributed by atoms with E-state index in [0.29, 0.717) is 6.42 Å². The van der Waals surface area contributed by atoms with Crippen molar-refractivity contribution in [1.82, 2.24) is 5.32 Å². The number of amides is 1. The number of benzene rings is 1. The number of rotatable bonds is 8. The normalized spacial score (nSPS) is 12.3. The van der Waals surface area contributed by atoms with Gasteiger partial charge < -0.3 is 11.1 Å². The van der Waals surface area contributed by atoms with Gasteiger partial charge in [0, 0.05) is 4.90 Å². The van der Waals surface area contributed by atoms with Crippen LogP contribution in [0.2, 0.25) is 0 Å². The molecule has 0 aliphatic rings. The van der Waals surface area contributed by atoms with Crippen molar-refractivity contribution in [3.8, 4) is 0 Å². The summed E-state index contributed by atoms with van der Waals surface area (Å²) in [7, 11) is 0. The highest BCUT2D eigenvalue weighted by Crippen LogP contribution is 2.19. The second-order valence-electron chi connectivity index (χ2n) is 4.00. The first kappa shape index (κ1) is 15.0. The van der Waals surface area contributed by atoms with E-state index in [1.54, 1.807) is 23.9 Å². The molecule has 1 rings (SSSR count). The van der Waals surface area contributed by atoms with Crippen LogP contribution >= 0.6 is 11.8 Å². The highest BCUT2D eigenvalue weighted by atomic mass is 32.2. The predicted octanol–water partition coefficient (Wildman–Crippen LogP) is 2.16. The predicted molar refractivity (Wildman–Crippen MR) is 73.0 cm³/mol. The van der Waals surface area contributed by atoms with E-state index in [4.69, 9.17) is 5.73 Å². The van der Waals surface area contributed by atoms with E-state index in [0.717, 1.165) is 23.6 Å². The second kappa shape index (κ2) is 8.11. The summed E-state index contributed by atoms with van der Waals surface area (Å²) in [5.74, 6) is 0.220. The van der Waals surface area contributed by atoms with Crippen molar-refractivity contribution in [3.05, 3.63) is 30.1 Å². The molecule has 1 unspecified atom stereocenters. The van der Waals surface area contributed by atoms with Crippen LogP contribution < -0.4 is 11.1 Å². The van der Waals surface area contributed by atoms with Crippen LogP contribution in [0.4, 0.5) is 4.39 Å².